The molecule has 8 heteroatoms. The number of rotatable bonds is 7. The van der Waals surface area contributed by atoms with Gasteiger partial charge in [0.2, 0.25) is 5.16 Å². The Kier molecular flexibility index (Phi) is 4.92. The van der Waals surface area contributed by atoms with E-state index in [0.717, 1.165) is 30.7 Å². The number of aromatic nitrogens is 5. The van der Waals surface area contributed by atoms with Crippen molar-refractivity contribution in [3.05, 3.63) is 42.0 Å². The SMILES string of the molecule is CCCCc1nnc(SCc2noc(-c3ccccc3)n2)n1N. The lowest BCUT2D eigenvalue weighted by molar-refractivity contribution is 0.425. The third-order valence-corrected chi connectivity index (χ3v) is 4.25. The predicted octanol–water partition coefficient (Wildman–Crippen LogP) is 2.68. The molecule has 1 aromatic carbocycles. The molecule has 0 saturated carbocycles. The third kappa shape index (κ3) is 3.70. The fourth-order valence-electron chi connectivity index (χ4n) is 2.05. The fourth-order valence-corrected chi connectivity index (χ4v) is 2.77. The summed E-state index contributed by atoms with van der Waals surface area (Å²) in [5, 5.41) is 12.9. The molecular weight excluding hydrogens is 312 g/mol. The van der Waals surface area contributed by atoms with Crippen LogP contribution in [0.1, 0.15) is 31.4 Å². The average molecular weight is 330 g/mol. The number of aryl methyl sites for hydroxylation is 1. The van der Waals surface area contributed by atoms with E-state index in [0.29, 0.717) is 22.6 Å². The summed E-state index contributed by atoms with van der Waals surface area (Å²) in [6.07, 6.45) is 2.98. The monoisotopic (exact) mass is 330 g/mol. The number of hydrogen-bond acceptors (Lipinski definition) is 7. The van der Waals surface area contributed by atoms with Crippen molar-refractivity contribution in [3.63, 3.8) is 0 Å². The highest BCUT2D eigenvalue weighted by atomic mass is 32.2. The van der Waals surface area contributed by atoms with E-state index in [1.165, 1.54) is 11.8 Å². The quantitative estimate of drug-likeness (QED) is 0.525. The summed E-state index contributed by atoms with van der Waals surface area (Å²) in [7, 11) is 0. The fraction of sp³-hybridized carbons (Fsp3) is 0.333. The predicted molar refractivity (Wildman–Crippen MR) is 88.1 cm³/mol. The molecular formula is C15H18N6OS. The van der Waals surface area contributed by atoms with Gasteiger partial charge >= 0.3 is 0 Å². The van der Waals surface area contributed by atoms with Crippen LogP contribution < -0.4 is 5.84 Å². The Labute approximate surface area is 138 Å². The van der Waals surface area contributed by atoms with Gasteiger partial charge in [-0.2, -0.15) is 4.98 Å². The van der Waals surface area contributed by atoms with Gasteiger partial charge in [-0.15, -0.1) is 10.2 Å². The van der Waals surface area contributed by atoms with Crippen molar-refractivity contribution in [3.8, 4) is 11.5 Å². The molecule has 0 saturated heterocycles. The van der Waals surface area contributed by atoms with Gasteiger partial charge in [-0.05, 0) is 18.6 Å². The lowest BCUT2D eigenvalue weighted by atomic mass is 10.2. The lowest BCUT2D eigenvalue weighted by Gasteiger charge is -2.01. The van der Waals surface area contributed by atoms with Crippen LogP contribution in [0.25, 0.3) is 11.5 Å². The molecule has 7 nitrogen and oxygen atoms in total. The van der Waals surface area contributed by atoms with Crippen molar-refractivity contribution >= 4 is 11.8 Å². The van der Waals surface area contributed by atoms with Crippen molar-refractivity contribution in [1.82, 2.24) is 25.0 Å². The second-order valence-electron chi connectivity index (χ2n) is 5.04. The molecule has 23 heavy (non-hydrogen) atoms. The molecule has 2 aromatic heterocycles. The number of nitrogen functional groups attached to an aromatic ring is 1. The Morgan fingerprint density at radius 2 is 2.04 bits per heavy atom. The normalized spacial score (nSPS) is 11.0. The largest absolute Gasteiger partial charge is 0.336 e. The molecule has 0 atom stereocenters. The van der Waals surface area contributed by atoms with Gasteiger partial charge in [-0.1, -0.05) is 48.5 Å². The van der Waals surface area contributed by atoms with Crippen molar-refractivity contribution in [1.29, 1.82) is 0 Å². The Morgan fingerprint density at radius 3 is 2.83 bits per heavy atom. The minimum Gasteiger partial charge on any atom is -0.336 e. The average Bonchev–Trinajstić information content (AvgIpc) is 3.19. The number of benzene rings is 1. The van der Waals surface area contributed by atoms with Gasteiger partial charge in [0.25, 0.3) is 5.89 Å². The van der Waals surface area contributed by atoms with Gasteiger partial charge in [0.05, 0.1) is 5.75 Å². The van der Waals surface area contributed by atoms with Crippen LogP contribution in [0.5, 0.6) is 0 Å². The van der Waals surface area contributed by atoms with Gasteiger partial charge in [-0.3, -0.25) is 0 Å². The zero-order valence-electron chi connectivity index (χ0n) is 12.8. The molecule has 2 heterocycles. The van der Waals surface area contributed by atoms with Gasteiger partial charge in [0.1, 0.15) is 0 Å². The molecule has 120 valence electrons. The molecule has 0 radical (unpaired) electrons. The first-order valence-electron chi connectivity index (χ1n) is 7.48. The van der Waals surface area contributed by atoms with E-state index in [4.69, 9.17) is 10.4 Å². The third-order valence-electron chi connectivity index (χ3n) is 3.31. The van der Waals surface area contributed by atoms with Gasteiger partial charge in [0, 0.05) is 12.0 Å². The summed E-state index contributed by atoms with van der Waals surface area (Å²) in [5.74, 6) is 8.45. The summed E-state index contributed by atoms with van der Waals surface area (Å²) in [6.45, 7) is 2.13. The van der Waals surface area contributed by atoms with E-state index in [-0.39, 0.29) is 0 Å². The van der Waals surface area contributed by atoms with Crippen LogP contribution in [0, 0.1) is 0 Å². The highest BCUT2D eigenvalue weighted by Crippen LogP contribution is 2.22. The Morgan fingerprint density at radius 1 is 1.22 bits per heavy atom. The highest BCUT2D eigenvalue weighted by molar-refractivity contribution is 7.98. The molecule has 0 amide bonds. The summed E-state index contributed by atoms with van der Waals surface area (Å²) >= 11 is 1.44. The molecule has 0 aliphatic rings. The number of unbranched alkanes of at least 4 members (excludes halogenated alkanes) is 1. The summed E-state index contributed by atoms with van der Waals surface area (Å²) < 4.78 is 6.82. The summed E-state index contributed by atoms with van der Waals surface area (Å²) in [5.41, 5.74) is 0.903. The first-order valence-corrected chi connectivity index (χ1v) is 8.46. The highest BCUT2D eigenvalue weighted by Gasteiger charge is 2.13. The maximum atomic E-state index is 6.01. The van der Waals surface area contributed by atoms with E-state index >= 15 is 0 Å². The number of thioether (sulfide) groups is 1. The van der Waals surface area contributed by atoms with E-state index in [9.17, 15) is 0 Å². The zero-order valence-corrected chi connectivity index (χ0v) is 13.7. The van der Waals surface area contributed by atoms with Crippen LogP contribution in [0.4, 0.5) is 0 Å². The molecule has 0 spiro atoms. The molecule has 0 fully saturated rings. The van der Waals surface area contributed by atoms with Gasteiger partial charge in [0.15, 0.2) is 11.6 Å². The maximum Gasteiger partial charge on any atom is 0.257 e. The van der Waals surface area contributed by atoms with Crippen LogP contribution in [-0.2, 0) is 12.2 Å². The van der Waals surface area contributed by atoms with Crippen LogP contribution >= 0.6 is 11.8 Å². The number of nitrogens with zero attached hydrogens (tertiary/aromatic N) is 5. The molecule has 0 bridgehead atoms. The second-order valence-corrected chi connectivity index (χ2v) is 5.99. The zero-order chi connectivity index (χ0) is 16.1. The van der Waals surface area contributed by atoms with Crippen LogP contribution in [0.15, 0.2) is 40.0 Å². The Bertz CT molecular complexity index is 754. The van der Waals surface area contributed by atoms with Crippen molar-refractivity contribution in [2.75, 3.05) is 5.84 Å². The minimum absolute atomic E-state index is 0.513. The summed E-state index contributed by atoms with van der Waals surface area (Å²) in [4.78, 5) is 4.38. The van der Waals surface area contributed by atoms with E-state index in [2.05, 4.69) is 27.3 Å². The van der Waals surface area contributed by atoms with Crippen molar-refractivity contribution < 1.29 is 4.52 Å². The van der Waals surface area contributed by atoms with E-state index < -0.39 is 0 Å². The van der Waals surface area contributed by atoms with E-state index in [1.807, 2.05) is 30.3 Å². The number of hydrogen-bond donors (Lipinski definition) is 1. The Balaban J connectivity index is 1.63. The van der Waals surface area contributed by atoms with Crippen molar-refractivity contribution in [2.45, 2.75) is 37.1 Å². The van der Waals surface area contributed by atoms with Crippen molar-refractivity contribution in [2.24, 2.45) is 0 Å². The first-order chi connectivity index (χ1) is 11.3. The van der Waals surface area contributed by atoms with Gasteiger partial charge in [-0.25, -0.2) is 4.68 Å². The second kappa shape index (κ2) is 7.28. The molecule has 3 rings (SSSR count). The topological polar surface area (TPSA) is 95.6 Å². The van der Waals surface area contributed by atoms with Gasteiger partial charge < -0.3 is 10.4 Å². The van der Waals surface area contributed by atoms with Crippen LogP contribution in [-0.4, -0.2) is 25.0 Å². The molecule has 2 N–H and O–H groups in total. The molecule has 0 aliphatic heterocycles. The standard InChI is InChI=1S/C15H18N6OS/c1-2-3-9-13-18-19-15(21(13)16)23-10-12-17-14(22-20-12)11-7-5-4-6-8-11/h4-8H,2-3,9-10,16H2,1H3. The maximum absolute atomic E-state index is 6.01. The smallest absolute Gasteiger partial charge is 0.257 e. The van der Waals surface area contributed by atoms with E-state index in [1.54, 1.807) is 4.68 Å². The van der Waals surface area contributed by atoms with Crippen LogP contribution in [0.2, 0.25) is 0 Å². The molecule has 3 aromatic rings. The first kappa shape index (κ1) is 15.5. The lowest BCUT2D eigenvalue weighted by Crippen LogP contribution is -2.14. The Hall–Kier alpha value is -2.35. The molecule has 0 unspecified atom stereocenters. The summed E-state index contributed by atoms with van der Waals surface area (Å²) in [6, 6.07) is 9.67. The molecule has 0 aliphatic carbocycles. The van der Waals surface area contributed by atoms with Crippen LogP contribution in [0.3, 0.4) is 0 Å². The number of nitrogens with two attached hydrogens (primary N) is 1. The minimum atomic E-state index is 0.513.